The molecule has 4 aliphatic rings. The molecule has 3 saturated carbocycles. The van der Waals surface area contributed by atoms with E-state index in [1.165, 1.54) is 5.57 Å². The van der Waals surface area contributed by atoms with Gasteiger partial charge in [-0.2, -0.15) is 0 Å². The molecule has 1 N–H and O–H groups in total. The lowest BCUT2D eigenvalue weighted by Crippen LogP contribution is -2.53. The first-order valence-corrected chi connectivity index (χ1v) is 8.98. The van der Waals surface area contributed by atoms with E-state index in [1.54, 1.807) is 6.08 Å². The zero-order valence-corrected chi connectivity index (χ0v) is 14.1. The number of carbonyl (C=O) groups excluding carboxylic acids is 1. The molecule has 6 atom stereocenters. The lowest BCUT2D eigenvalue weighted by Gasteiger charge is -2.57. The van der Waals surface area contributed by atoms with Crippen LogP contribution in [0.5, 0.6) is 0 Å². The molecule has 0 aliphatic heterocycles. The number of ketones is 1. The Morgan fingerprint density at radius 2 is 1.96 bits per heavy atom. The highest BCUT2D eigenvalue weighted by Crippen LogP contribution is 2.66. The second-order valence-electron chi connectivity index (χ2n) is 8.60. The number of rotatable bonds is 0. The van der Waals surface area contributed by atoms with E-state index >= 15 is 0 Å². The molecule has 0 saturated heterocycles. The van der Waals surface area contributed by atoms with E-state index in [1.807, 2.05) is 6.08 Å². The van der Waals surface area contributed by atoms with Crippen molar-refractivity contribution in [3.8, 4) is 12.3 Å². The van der Waals surface area contributed by atoms with E-state index in [2.05, 4.69) is 25.8 Å². The van der Waals surface area contributed by atoms with Gasteiger partial charge in [0.15, 0.2) is 5.78 Å². The highest BCUT2D eigenvalue weighted by Gasteiger charge is 2.63. The van der Waals surface area contributed by atoms with Crippen LogP contribution in [0.15, 0.2) is 23.8 Å². The molecule has 0 bridgehead atoms. The monoisotopic (exact) mass is 310 g/mol. The van der Waals surface area contributed by atoms with Gasteiger partial charge in [0.25, 0.3) is 0 Å². The fourth-order valence-corrected chi connectivity index (χ4v) is 6.45. The minimum atomic E-state index is -0.933. The van der Waals surface area contributed by atoms with Crippen LogP contribution in [0, 0.1) is 40.9 Å². The van der Waals surface area contributed by atoms with Crippen molar-refractivity contribution in [1.29, 1.82) is 0 Å². The molecular formula is C21H26O2. The average molecular weight is 310 g/mol. The first-order chi connectivity index (χ1) is 10.8. The van der Waals surface area contributed by atoms with Gasteiger partial charge in [-0.15, -0.1) is 6.42 Å². The molecule has 2 heteroatoms. The fraction of sp³-hybridized carbons (Fsp3) is 0.667. The van der Waals surface area contributed by atoms with Gasteiger partial charge in [0, 0.05) is 10.8 Å². The van der Waals surface area contributed by atoms with Gasteiger partial charge in [0.05, 0.1) is 0 Å². The summed E-state index contributed by atoms with van der Waals surface area (Å²) in [5.74, 6) is 4.56. The summed E-state index contributed by atoms with van der Waals surface area (Å²) in [7, 11) is 0. The van der Waals surface area contributed by atoms with Crippen LogP contribution in [-0.4, -0.2) is 16.5 Å². The van der Waals surface area contributed by atoms with Crippen molar-refractivity contribution in [2.24, 2.45) is 28.6 Å². The Kier molecular flexibility index (Phi) is 3.05. The molecule has 0 radical (unpaired) electrons. The SMILES string of the molecule is C#C[C@]1(O)CCC2C3CCC4=CC(=O)C=CC4(C)C3CCC21C. The Bertz CT molecular complexity index is 666. The molecule has 0 spiro atoms. The van der Waals surface area contributed by atoms with Gasteiger partial charge in [-0.25, -0.2) is 0 Å². The van der Waals surface area contributed by atoms with Gasteiger partial charge in [-0.1, -0.05) is 31.4 Å². The van der Waals surface area contributed by atoms with Crippen LogP contribution >= 0.6 is 0 Å². The van der Waals surface area contributed by atoms with Crippen LogP contribution in [0.1, 0.15) is 52.4 Å². The zero-order chi connectivity index (χ0) is 16.5. The Labute approximate surface area is 139 Å². The van der Waals surface area contributed by atoms with Crippen molar-refractivity contribution in [2.45, 2.75) is 58.0 Å². The first-order valence-electron chi connectivity index (χ1n) is 8.98. The number of aliphatic hydroxyl groups is 1. The predicted octanol–water partition coefficient (Wildman–Crippen LogP) is 3.66. The Morgan fingerprint density at radius 3 is 2.70 bits per heavy atom. The fourth-order valence-electron chi connectivity index (χ4n) is 6.45. The Balaban J connectivity index is 1.72. The Morgan fingerprint density at radius 1 is 1.22 bits per heavy atom. The van der Waals surface area contributed by atoms with E-state index in [4.69, 9.17) is 6.42 Å². The number of allylic oxidation sites excluding steroid dienone is 4. The molecule has 0 aromatic heterocycles. The van der Waals surface area contributed by atoms with Crippen molar-refractivity contribution in [3.63, 3.8) is 0 Å². The smallest absolute Gasteiger partial charge is 0.178 e. The van der Waals surface area contributed by atoms with E-state index in [9.17, 15) is 9.90 Å². The normalized spacial score (nSPS) is 51.3. The van der Waals surface area contributed by atoms with E-state index in [-0.39, 0.29) is 16.6 Å². The molecular weight excluding hydrogens is 284 g/mol. The minimum Gasteiger partial charge on any atom is -0.377 e. The van der Waals surface area contributed by atoms with E-state index in [0.29, 0.717) is 17.8 Å². The summed E-state index contributed by atoms with van der Waals surface area (Å²) in [5.41, 5.74) is 0.266. The van der Waals surface area contributed by atoms with Gasteiger partial charge >= 0.3 is 0 Å². The van der Waals surface area contributed by atoms with Gasteiger partial charge in [-0.3, -0.25) is 4.79 Å². The van der Waals surface area contributed by atoms with Crippen molar-refractivity contribution in [1.82, 2.24) is 0 Å². The molecule has 0 aromatic rings. The van der Waals surface area contributed by atoms with Crippen molar-refractivity contribution < 1.29 is 9.90 Å². The maximum atomic E-state index is 11.8. The van der Waals surface area contributed by atoms with Gasteiger partial charge in [0.1, 0.15) is 5.60 Å². The molecule has 0 amide bonds. The molecule has 3 fully saturated rings. The third-order valence-electron chi connectivity index (χ3n) is 7.95. The number of hydrogen-bond acceptors (Lipinski definition) is 2. The number of fused-ring (bicyclic) bond motifs is 5. The molecule has 4 aliphatic carbocycles. The topological polar surface area (TPSA) is 37.3 Å². The van der Waals surface area contributed by atoms with Crippen LogP contribution in [-0.2, 0) is 4.79 Å². The number of hydrogen-bond donors (Lipinski definition) is 1. The highest BCUT2D eigenvalue weighted by molar-refractivity contribution is 6.01. The summed E-state index contributed by atoms with van der Waals surface area (Å²) in [6.45, 7) is 4.53. The maximum Gasteiger partial charge on any atom is 0.178 e. The van der Waals surface area contributed by atoms with Crippen LogP contribution in [0.2, 0.25) is 0 Å². The largest absolute Gasteiger partial charge is 0.377 e. The lowest BCUT2D eigenvalue weighted by atomic mass is 9.47. The molecule has 23 heavy (non-hydrogen) atoms. The second-order valence-corrected chi connectivity index (χ2v) is 8.60. The van der Waals surface area contributed by atoms with E-state index < -0.39 is 5.60 Å². The van der Waals surface area contributed by atoms with Gasteiger partial charge in [0.2, 0.25) is 0 Å². The molecule has 2 nitrogen and oxygen atoms in total. The summed E-state index contributed by atoms with van der Waals surface area (Å²) in [6.07, 6.45) is 17.5. The lowest BCUT2D eigenvalue weighted by molar-refractivity contribution is -0.111. The van der Waals surface area contributed by atoms with Crippen molar-refractivity contribution >= 4 is 5.78 Å². The Hall–Kier alpha value is -1.33. The summed E-state index contributed by atoms with van der Waals surface area (Å²) in [6, 6.07) is 0. The van der Waals surface area contributed by atoms with Crippen LogP contribution in [0.4, 0.5) is 0 Å². The molecule has 0 aromatic carbocycles. The van der Waals surface area contributed by atoms with Crippen molar-refractivity contribution in [3.05, 3.63) is 23.8 Å². The summed E-state index contributed by atoms with van der Waals surface area (Å²) in [5, 5.41) is 11.0. The van der Waals surface area contributed by atoms with Crippen molar-refractivity contribution in [2.75, 3.05) is 0 Å². The van der Waals surface area contributed by atoms with Crippen LogP contribution in [0.25, 0.3) is 0 Å². The quantitative estimate of drug-likeness (QED) is 0.693. The summed E-state index contributed by atoms with van der Waals surface area (Å²) >= 11 is 0. The number of terminal acetylenes is 1. The standard InChI is InChI=1S/C21H26O2/c1-4-21(23)12-9-18-16-6-5-14-13-15(22)7-10-19(14,2)17(16)8-11-20(18,21)3/h1,7,10,13,16-18,23H,5-6,8-9,11-12H2,2-3H3/t16?,17?,18?,19?,20?,21-/m0/s1. The molecule has 0 heterocycles. The minimum absolute atomic E-state index is 0.0228. The van der Waals surface area contributed by atoms with E-state index in [0.717, 1.165) is 38.5 Å². The second kappa shape index (κ2) is 4.61. The number of carbonyl (C=O) groups is 1. The van der Waals surface area contributed by atoms with Gasteiger partial charge in [-0.05, 0) is 68.4 Å². The highest BCUT2D eigenvalue weighted by atomic mass is 16.3. The summed E-state index contributed by atoms with van der Waals surface area (Å²) in [4.78, 5) is 11.8. The van der Waals surface area contributed by atoms with Crippen LogP contribution in [0.3, 0.4) is 0 Å². The third kappa shape index (κ3) is 1.78. The average Bonchev–Trinajstić information content (AvgIpc) is 2.80. The predicted molar refractivity (Wildman–Crippen MR) is 90.4 cm³/mol. The molecule has 4 rings (SSSR count). The molecule has 122 valence electrons. The van der Waals surface area contributed by atoms with Crippen LogP contribution < -0.4 is 0 Å². The summed E-state index contributed by atoms with van der Waals surface area (Å²) < 4.78 is 0. The third-order valence-corrected chi connectivity index (χ3v) is 7.95. The van der Waals surface area contributed by atoms with Gasteiger partial charge < -0.3 is 5.11 Å². The maximum absolute atomic E-state index is 11.8. The first kappa shape index (κ1) is 15.2. The molecule has 5 unspecified atom stereocenters. The zero-order valence-electron chi connectivity index (χ0n) is 14.1.